The molecule has 0 spiro atoms. The summed E-state index contributed by atoms with van der Waals surface area (Å²) in [6, 6.07) is 14.7. The van der Waals surface area contributed by atoms with Crippen molar-refractivity contribution in [3.8, 4) is 21.7 Å². The Balaban J connectivity index is 0.947. The van der Waals surface area contributed by atoms with Gasteiger partial charge in [0.2, 0.25) is 5.95 Å². The van der Waals surface area contributed by atoms with Gasteiger partial charge in [0.05, 0.1) is 10.6 Å². The number of amides is 1. The van der Waals surface area contributed by atoms with E-state index in [1.165, 1.54) is 48.1 Å². The first-order valence-corrected chi connectivity index (χ1v) is 17.2. The van der Waals surface area contributed by atoms with Crippen molar-refractivity contribution in [2.75, 3.05) is 71.8 Å². The number of nitrogens with zero attached hydrogens (tertiary/aromatic N) is 7. The molecule has 7 rings (SSSR count). The van der Waals surface area contributed by atoms with Crippen molar-refractivity contribution in [2.45, 2.75) is 25.7 Å². The molecular formula is C30H34N8OS3. The van der Waals surface area contributed by atoms with Crippen molar-refractivity contribution < 1.29 is 4.79 Å². The highest BCUT2D eigenvalue weighted by atomic mass is 32.2. The van der Waals surface area contributed by atoms with Gasteiger partial charge in [0.25, 0.3) is 0 Å². The number of hydrogen-bond acceptors (Lipinski definition) is 11. The van der Waals surface area contributed by atoms with E-state index in [4.69, 9.17) is 15.0 Å². The fourth-order valence-electron chi connectivity index (χ4n) is 5.70. The number of aromatic nitrogens is 3. The lowest BCUT2D eigenvalue weighted by Crippen LogP contribution is -2.48. The molecule has 1 N–H and O–H groups in total. The lowest BCUT2D eigenvalue weighted by Gasteiger charge is -2.35. The van der Waals surface area contributed by atoms with Crippen LogP contribution in [0.4, 0.5) is 27.5 Å². The van der Waals surface area contributed by atoms with Crippen molar-refractivity contribution in [3.63, 3.8) is 0 Å². The predicted molar refractivity (Wildman–Crippen MR) is 176 cm³/mol. The van der Waals surface area contributed by atoms with Crippen LogP contribution in [0.2, 0.25) is 0 Å². The highest BCUT2D eigenvalue weighted by Crippen LogP contribution is 2.35. The van der Waals surface area contributed by atoms with Gasteiger partial charge in [0.1, 0.15) is 11.6 Å². The van der Waals surface area contributed by atoms with Crippen LogP contribution < -0.4 is 19.4 Å². The van der Waals surface area contributed by atoms with Crippen molar-refractivity contribution in [1.82, 2.24) is 19.9 Å². The molecule has 3 saturated heterocycles. The van der Waals surface area contributed by atoms with E-state index in [0.29, 0.717) is 13.1 Å². The number of piperazine rings is 1. The summed E-state index contributed by atoms with van der Waals surface area (Å²) in [6.07, 6.45) is 4.84. The molecule has 0 aliphatic carbocycles. The zero-order valence-electron chi connectivity index (χ0n) is 23.4. The third kappa shape index (κ3) is 6.06. The van der Waals surface area contributed by atoms with Gasteiger partial charge in [-0.15, -0.1) is 22.7 Å². The Hall–Kier alpha value is -3.35. The highest BCUT2D eigenvalue weighted by Gasteiger charge is 2.26. The SMILES string of the molecule is O=C(SNc1nc(-c2cc(-c3ccccc3)cs2)cs1)N1CCN(c2cc(N3CCCC3)nc(N3CCCC3)n2)CC1. The van der Waals surface area contributed by atoms with Crippen LogP contribution in [-0.4, -0.2) is 77.4 Å². The van der Waals surface area contributed by atoms with Gasteiger partial charge in [0.15, 0.2) is 5.13 Å². The van der Waals surface area contributed by atoms with Crippen LogP contribution in [-0.2, 0) is 0 Å². The molecule has 0 unspecified atom stereocenters. The number of benzene rings is 1. The third-order valence-corrected chi connectivity index (χ3v) is 10.6. The van der Waals surface area contributed by atoms with Gasteiger partial charge in [-0.2, -0.15) is 9.97 Å². The fraction of sp³-hybridized carbons (Fsp3) is 0.400. The average molecular weight is 619 g/mol. The van der Waals surface area contributed by atoms with Crippen LogP contribution in [0.3, 0.4) is 0 Å². The smallest absolute Gasteiger partial charge is 0.302 e. The second-order valence-electron chi connectivity index (χ2n) is 10.8. The molecule has 9 nitrogen and oxygen atoms in total. The molecule has 3 fully saturated rings. The summed E-state index contributed by atoms with van der Waals surface area (Å²) in [5.74, 6) is 2.87. The summed E-state index contributed by atoms with van der Waals surface area (Å²) in [6.45, 7) is 7.01. The maximum Gasteiger partial charge on any atom is 0.302 e. The number of hydrogen-bond donors (Lipinski definition) is 1. The van der Waals surface area contributed by atoms with E-state index in [9.17, 15) is 4.79 Å². The molecule has 3 aliphatic rings. The number of anilines is 4. The van der Waals surface area contributed by atoms with Gasteiger partial charge in [-0.25, -0.2) is 4.98 Å². The van der Waals surface area contributed by atoms with Gasteiger partial charge in [-0.05, 0) is 48.3 Å². The molecule has 1 amide bonds. The summed E-state index contributed by atoms with van der Waals surface area (Å²) in [4.78, 5) is 37.8. The molecule has 0 atom stereocenters. The molecule has 1 aromatic carbocycles. The number of thiophene rings is 1. The normalized spacial score (nSPS) is 17.3. The van der Waals surface area contributed by atoms with Crippen LogP contribution >= 0.6 is 34.6 Å². The van der Waals surface area contributed by atoms with Crippen molar-refractivity contribution in [1.29, 1.82) is 0 Å². The molecule has 42 heavy (non-hydrogen) atoms. The van der Waals surface area contributed by atoms with E-state index in [2.05, 4.69) is 61.2 Å². The lowest BCUT2D eigenvalue weighted by molar-refractivity contribution is 0.219. The number of rotatable bonds is 7. The van der Waals surface area contributed by atoms with E-state index < -0.39 is 0 Å². The molecule has 218 valence electrons. The van der Waals surface area contributed by atoms with E-state index >= 15 is 0 Å². The summed E-state index contributed by atoms with van der Waals surface area (Å²) in [7, 11) is 0. The van der Waals surface area contributed by atoms with Crippen LogP contribution in [0.25, 0.3) is 21.7 Å². The molecule has 0 bridgehead atoms. The minimum absolute atomic E-state index is 0.0205. The summed E-state index contributed by atoms with van der Waals surface area (Å²) in [5, 5.41) is 4.96. The topological polar surface area (TPSA) is 80.7 Å². The zero-order chi connectivity index (χ0) is 28.3. The monoisotopic (exact) mass is 618 g/mol. The van der Waals surface area contributed by atoms with Crippen LogP contribution in [0.1, 0.15) is 25.7 Å². The Bertz CT molecular complexity index is 1470. The van der Waals surface area contributed by atoms with Gasteiger partial charge in [-0.1, -0.05) is 30.3 Å². The molecule has 3 aliphatic heterocycles. The molecule has 12 heteroatoms. The molecule has 0 radical (unpaired) electrons. The Morgan fingerprint density at radius 3 is 2.10 bits per heavy atom. The average Bonchev–Trinajstić information content (AvgIpc) is 3.88. The molecule has 0 saturated carbocycles. The second-order valence-corrected chi connectivity index (χ2v) is 13.3. The summed E-state index contributed by atoms with van der Waals surface area (Å²) in [5.41, 5.74) is 3.33. The number of nitrogens with one attached hydrogen (secondary N) is 1. The lowest BCUT2D eigenvalue weighted by atomic mass is 10.1. The first-order chi connectivity index (χ1) is 20.7. The Morgan fingerprint density at radius 1 is 0.714 bits per heavy atom. The van der Waals surface area contributed by atoms with E-state index in [1.54, 1.807) is 11.3 Å². The van der Waals surface area contributed by atoms with E-state index in [1.807, 2.05) is 16.3 Å². The number of carbonyl (C=O) groups is 1. The third-order valence-electron chi connectivity index (χ3n) is 8.06. The highest BCUT2D eigenvalue weighted by molar-refractivity contribution is 8.14. The van der Waals surface area contributed by atoms with E-state index in [0.717, 1.165) is 84.5 Å². The molecule has 3 aromatic heterocycles. The van der Waals surface area contributed by atoms with Crippen LogP contribution in [0.15, 0.2) is 53.2 Å². The standard InChI is InChI=1S/C30H34N8OS3/c39-30(42-34-29-31-24(21-41-29)25-18-23(20-40-25)22-8-2-1-3-9-22)38-16-14-36(15-17-38)27-19-26(35-10-4-5-11-35)32-28(33-27)37-12-6-7-13-37/h1-3,8-9,18-21H,4-7,10-17H2,(H,31,34). The van der Waals surface area contributed by atoms with Gasteiger partial charge < -0.3 is 19.6 Å². The molecular weight excluding hydrogens is 585 g/mol. The Kier molecular flexibility index (Phi) is 8.17. The summed E-state index contributed by atoms with van der Waals surface area (Å²) >= 11 is 4.32. The summed E-state index contributed by atoms with van der Waals surface area (Å²) < 4.78 is 3.18. The second kappa shape index (κ2) is 12.5. The first kappa shape index (κ1) is 27.5. The van der Waals surface area contributed by atoms with Gasteiger partial charge >= 0.3 is 5.24 Å². The Labute approximate surface area is 258 Å². The van der Waals surface area contributed by atoms with Crippen LogP contribution in [0, 0.1) is 0 Å². The van der Waals surface area contributed by atoms with Crippen molar-refractivity contribution in [2.24, 2.45) is 0 Å². The minimum Gasteiger partial charge on any atom is -0.356 e. The predicted octanol–water partition coefficient (Wildman–Crippen LogP) is 6.53. The fourth-order valence-corrected chi connectivity index (χ4v) is 8.05. The zero-order valence-corrected chi connectivity index (χ0v) is 25.9. The Morgan fingerprint density at radius 2 is 1.38 bits per heavy atom. The minimum atomic E-state index is 0.0205. The quantitative estimate of drug-likeness (QED) is 0.233. The van der Waals surface area contributed by atoms with E-state index in [-0.39, 0.29) is 5.24 Å². The van der Waals surface area contributed by atoms with Crippen molar-refractivity contribution >= 4 is 62.6 Å². The maximum atomic E-state index is 13.1. The maximum absolute atomic E-state index is 13.1. The van der Waals surface area contributed by atoms with Gasteiger partial charge in [0, 0.05) is 75.8 Å². The largest absolute Gasteiger partial charge is 0.356 e. The number of thiazole rings is 1. The van der Waals surface area contributed by atoms with Gasteiger partial charge in [-0.3, -0.25) is 9.52 Å². The van der Waals surface area contributed by atoms with Crippen LogP contribution in [0.5, 0.6) is 0 Å². The van der Waals surface area contributed by atoms with Crippen molar-refractivity contribution in [3.05, 3.63) is 53.2 Å². The first-order valence-electron chi connectivity index (χ1n) is 14.7. The molecule has 4 aromatic rings. The molecule has 6 heterocycles. The number of carbonyl (C=O) groups excluding carboxylic acids is 1.